The van der Waals surface area contributed by atoms with E-state index < -0.39 is 4.92 Å². The first-order valence-electron chi connectivity index (χ1n) is 7.49. The lowest BCUT2D eigenvalue weighted by Crippen LogP contribution is -3.12. The van der Waals surface area contributed by atoms with Crippen LogP contribution in [-0.2, 0) is 11.3 Å². The Kier molecular flexibility index (Phi) is 5.89. The van der Waals surface area contributed by atoms with Gasteiger partial charge >= 0.3 is 0 Å². The van der Waals surface area contributed by atoms with Crippen LogP contribution in [0.4, 0.5) is 11.4 Å². The number of amides is 1. The van der Waals surface area contributed by atoms with Crippen LogP contribution in [0.2, 0.25) is 5.02 Å². The van der Waals surface area contributed by atoms with Gasteiger partial charge in [-0.1, -0.05) is 35.9 Å². The van der Waals surface area contributed by atoms with Crippen molar-refractivity contribution >= 4 is 28.9 Å². The average molecular weight is 349 g/mol. The van der Waals surface area contributed by atoms with Crippen molar-refractivity contribution in [3.63, 3.8) is 0 Å². The number of carbonyl (C=O) groups is 1. The van der Waals surface area contributed by atoms with Gasteiger partial charge in [0.2, 0.25) is 0 Å². The first-order valence-corrected chi connectivity index (χ1v) is 7.87. The number of halogens is 1. The molecule has 7 heteroatoms. The smallest absolute Gasteiger partial charge is 0.292 e. The lowest BCUT2D eigenvalue weighted by Gasteiger charge is -2.21. The van der Waals surface area contributed by atoms with Gasteiger partial charge in [0.15, 0.2) is 6.04 Å². The van der Waals surface area contributed by atoms with Gasteiger partial charge in [-0.15, -0.1) is 0 Å². The molecule has 2 N–H and O–H groups in total. The highest BCUT2D eigenvalue weighted by Crippen LogP contribution is 2.23. The van der Waals surface area contributed by atoms with Crippen molar-refractivity contribution in [1.82, 2.24) is 0 Å². The predicted octanol–water partition coefficient (Wildman–Crippen LogP) is 2.29. The van der Waals surface area contributed by atoms with Crippen molar-refractivity contribution in [3.8, 4) is 0 Å². The van der Waals surface area contributed by atoms with Crippen molar-refractivity contribution in [2.75, 3.05) is 12.4 Å². The minimum atomic E-state index is -0.509. The molecule has 0 aliphatic heterocycles. The summed E-state index contributed by atoms with van der Waals surface area (Å²) in [5, 5.41) is 14.3. The van der Waals surface area contributed by atoms with Crippen LogP contribution in [0, 0.1) is 10.1 Å². The van der Waals surface area contributed by atoms with Crippen molar-refractivity contribution < 1.29 is 14.6 Å². The van der Waals surface area contributed by atoms with Gasteiger partial charge in [-0.3, -0.25) is 14.9 Å². The number of rotatable bonds is 6. The van der Waals surface area contributed by atoms with Gasteiger partial charge in [-0.25, -0.2) is 0 Å². The molecule has 0 saturated heterocycles. The first-order chi connectivity index (χ1) is 11.4. The molecule has 2 aromatic carbocycles. The molecule has 0 saturated carbocycles. The fraction of sp³-hybridized carbons (Fsp3) is 0.235. The van der Waals surface area contributed by atoms with Gasteiger partial charge in [-0.2, -0.15) is 0 Å². The monoisotopic (exact) mass is 348 g/mol. The lowest BCUT2D eigenvalue weighted by atomic mass is 10.2. The standard InChI is InChI=1S/C17H18ClN3O3/c1-12(20(2)11-13-7-9-14(18)10-8-13)17(22)19-15-5-3-4-6-16(15)21(23)24/h3-10,12H,11H2,1-2H3,(H,19,22)/p+1/t12-/m0/s1. The van der Waals surface area contributed by atoms with Gasteiger partial charge in [0, 0.05) is 16.7 Å². The van der Waals surface area contributed by atoms with E-state index in [0.717, 1.165) is 10.5 Å². The minimum Gasteiger partial charge on any atom is -0.324 e. The predicted molar refractivity (Wildman–Crippen MR) is 93.2 cm³/mol. The molecule has 0 bridgehead atoms. The molecule has 2 atom stereocenters. The fourth-order valence-corrected chi connectivity index (χ4v) is 2.41. The second-order valence-electron chi connectivity index (χ2n) is 5.63. The molecule has 0 fully saturated rings. The molecular formula is C17H19ClN3O3+. The summed E-state index contributed by atoms with van der Waals surface area (Å²) in [4.78, 5) is 23.9. The highest BCUT2D eigenvalue weighted by molar-refractivity contribution is 6.30. The number of nitro groups is 1. The molecule has 2 aromatic rings. The van der Waals surface area contributed by atoms with Crippen LogP contribution in [0.1, 0.15) is 12.5 Å². The number of anilines is 1. The molecule has 1 unspecified atom stereocenters. The van der Waals surface area contributed by atoms with Crippen molar-refractivity contribution in [2.45, 2.75) is 19.5 Å². The topological polar surface area (TPSA) is 76.7 Å². The van der Waals surface area contributed by atoms with Crippen LogP contribution in [0.15, 0.2) is 48.5 Å². The Morgan fingerprint density at radius 1 is 1.25 bits per heavy atom. The molecule has 1 amide bonds. The fourth-order valence-electron chi connectivity index (χ4n) is 2.28. The maximum Gasteiger partial charge on any atom is 0.292 e. The summed E-state index contributed by atoms with van der Waals surface area (Å²) in [6.45, 7) is 2.43. The molecule has 2 rings (SSSR count). The Morgan fingerprint density at radius 3 is 2.50 bits per heavy atom. The molecule has 6 nitrogen and oxygen atoms in total. The van der Waals surface area contributed by atoms with Crippen LogP contribution < -0.4 is 10.2 Å². The second kappa shape index (κ2) is 7.90. The van der Waals surface area contributed by atoms with E-state index >= 15 is 0 Å². The normalized spacial score (nSPS) is 13.1. The number of benzene rings is 2. The molecule has 0 radical (unpaired) electrons. The number of likely N-dealkylation sites (N-methyl/N-ethyl adjacent to an activating group) is 1. The maximum absolute atomic E-state index is 12.4. The molecule has 126 valence electrons. The van der Waals surface area contributed by atoms with E-state index in [-0.39, 0.29) is 23.3 Å². The third kappa shape index (κ3) is 4.53. The van der Waals surface area contributed by atoms with E-state index in [9.17, 15) is 14.9 Å². The van der Waals surface area contributed by atoms with Gasteiger partial charge in [0.05, 0.1) is 12.0 Å². The quantitative estimate of drug-likeness (QED) is 0.621. The van der Waals surface area contributed by atoms with Gasteiger partial charge in [0.25, 0.3) is 11.6 Å². The highest BCUT2D eigenvalue weighted by atomic mass is 35.5. The van der Waals surface area contributed by atoms with Gasteiger partial charge in [-0.05, 0) is 25.1 Å². The number of hydrogen-bond acceptors (Lipinski definition) is 3. The van der Waals surface area contributed by atoms with Gasteiger partial charge in [0.1, 0.15) is 12.2 Å². The molecule has 0 aliphatic carbocycles. The summed E-state index contributed by atoms with van der Waals surface area (Å²) < 4.78 is 0. The van der Waals surface area contributed by atoms with E-state index in [1.165, 1.54) is 12.1 Å². The van der Waals surface area contributed by atoms with Crippen LogP contribution >= 0.6 is 11.6 Å². The first kappa shape index (κ1) is 17.9. The zero-order chi connectivity index (χ0) is 17.7. The molecule has 0 aliphatic rings. The van der Waals surface area contributed by atoms with Crippen molar-refractivity contribution in [2.24, 2.45) is 0 Å². The van der Waals surface area contributed by atoms with Crippen LogP contribution in [-0.4, -0.2) is 23.9 Å². The third-order valence-corrected chi connectivity index (χ3v) is 4.14. The molecule has 0 heterocycles. The molecule has 0 aromatic heterocycles. The number of nitro benzene ring substituents is 1. The Bertz CT molecular complexity index is 734. The molecule has 24 heavy (non-hydrogen) atoms. The summed E-state index contributed by atoms with van der Waals surface area (Å²) in [6.07, 6.45) is 0. The van der Waals surface area contributed by atoms with Gasteiger partial charge < -0.3 is 10.2 Å². The Hall–Kier alpha value is -2.44. The summed E-state index contributed by atoms with van der Waals surface area (Å²) in [5.74, 6) is -0.268. The molecular weight excluding hydrogens is 330 g/mol. The van der Waals surface area contributed by atoms with E-state index in [4.69, 9.17) is 11.6 Å². The Balaban J connectivity index is 2.04. The van der Waals surface area contributed by atoms with Crippen LogP contribution in [0.3, 0.4) is 0 Å². The number of nitrogens with zero attached hydrogens (tertiary/aromatic N) is 1. The highest BCUT2D eigenvalue weighted by Gasteiger charge is 2.24. The minimum absolute atomic E-state index is 0.117. The second-order valence-corrected chi connectivity index (χ2v) is 6.07. The Labute approximate surface area is 145 Å². The zero-order valence-electron chi connectivity index (χ0n) is 13.5. The summed E-state index contributed by atoms with van der Waals surface area (Å²) in [7, 11) is 1.90. The summed E-state index contributed by atoms with van der Waals surface area (Å²) >= 11 is 5.87. The number of nitrogens with one attached hydrogen (secondary N) is 2. The van der Waals surface area contributed by atoms with E-state index in [2.05, 4.69) is 5.32 Å². The van der Waals surface area contributed by atoms with E-state index in [1.54, 1.807) is 19.1 Å². The maximum atomic E-state index is 12.4. The molecule has 0 spiro atoms. The summed E-state index contributed by atoms with van der Waals surface area (Å²) in [6, 6.07) is 13.2. The average Bonchev–Trinajstić information content (AvgIpc) is 2.56. The van der Waals surface area contributed by atoms with Crippen molar-refractivity contribution in [1.29, 1.82) is 0 Å². The van der Waals surface area contributed by atoms with Crippen LogP contribution in [0.25, 0.3) is 0 Å². The number of para-hydroxylation sites is 2. The summed E-state index contributed by atoms with van der Waals surface area (Å²) in [5.41, 5.74) is 1.15. The van der Waals surface area contributed by atoms with Crippen molar-refractivity contribution in [3.05, 3.63) is 69.2 Å². The number of hydrogen-bond donors (Lipinski definition) is 2. The van der Waals surface area contributed by atoms with Crippen LogP contribution in [0.5, 0.6) is 0 Å². The van der Waals surface area contributed by atoms with E-state index in [1.807, 2.05) is 31.3 Å². The SMILES string of the molecule is C[C@@H](C(=O)Nc1ccccc1[N+](=O)[O-])[NH+](C)Cc1ccc(Cl)cc1. The zero-order valence-corrected chi connectivity index (χ0v) is 14.2. The lowest BCUT2D eigenvalue weighted by molar-refractivity contribution is -0.907. The number of quaternary nitrogens is 1. The largest absolute Gasteiger partial charge is 0.324 e. The Morgan fingerprint density at radius 2 is 1.88 bits per heavy atom. The number of carbonyl (C=O) groups excluding carboxylic acids is 1. The third-order valence-electron chi connectivity index (χ3n) is 3.89. The van der Waals surface area contributed by atoms with E-state index in [0.29, 0.717) is 11.6 Å².